The van der Waals surface area contributed by atoms with E-state index >= 15 is 0 Å². The molecule has 4 N–H and O–H groups in total. The Balaban J connectivity index is 1.76. The number of nitrogens with zero attached hydrogens (tertiary/aromatic N) is 3. The van der Waals surface area contributed by atoms with Gasteiger partial charge in [0.25, 0.3) is 0 Å². The van der Waals surface area contributed by atoms with Crippen LogP contribution in [0.1, 0.15) is 13.3 Å². The maximum Gasteiger partial charge on any atom is 0.229 e. The Kier molecular flexibility index (Phi) is 10.1. The smallest absolute Gasteiger partial charge is 0.229 e. The molecule has 2 aromatic carbocycles. The van der Waals surface area contributed by atoms with Crippen LogP contribution in [0.3, 0.4) is 0 Å². The molecule has 0 aliphatic carbocycles. The summed E-state index contributed by atoms with van der Waals surface area (Å²) in [6.07, 6.45) is 2.63. The van der Waals surface area contributed by atoms with Crippen LogP contribution in [0, 0.1) is 0 Å². The lowest BCUT2D eigenvalue weighted by Gasteiger charge is -2.16. The van der Waals surface area contributed by atoms with Crippen molar-refractivity contribution in [3.05, 3.63) is 53.7 Å². The number of para-hydroxylation sites is 1. The van der Waals surface area contributed by atoms with Crippen molar-refractivity contribution in [3.63, 3.8) is 0 Å². The number of hydrogen-bond acceptors (Lipinski definition) is 9. The zero-order valence-corrected chi connectivity index (χ0v) is 21.6. The van der Waals surface area contributed by atoms with E-state index in [1.807, 2.05) is 56.4 Å². The second-order valence-corrected chi connectivity index (χ2v) is 9.13. The monoisotopic (exact) mass is 501 g/mol. The first-order valence-electron chi connectivity index (χ1n) is 11.1. The molecular weight excluding hydrogens is 470 g/mol. The minimum atomic E-state index is 0.415. The van der Waals surface area contributed by atoms with Gasteiger partial charge >= 0.3 is 0 Å². The minimum Gasteiger partial charge on any atom is -0.492 e. The van der Waals surface area contributed by atoms with Gasteiger partial charge in [0.2, 0.25) is 5.95 Å². The summed E-state index contributed by atoms with van der Waals surface area (Å²) in [5, 5.41) is 10.4. The molecule has 0 saturated carbocycles. The number of anilines is 5. The second kappa shape index (κ2) is 13.2. The van der Waals surface area contributed by atoms with Crippen molar-refractivity contribution in [1.29, 1.82) is 0 Å². The molecule has 0 fully saturated rings. The van der Waals surface area contributed by atoms with Gasteiger partial charge < -0.3 is 25.6 Å². The Hall–Kier alpha value is -2.72. The van der Waals surface area contributed by atoms with Gasteiger partial charge in [-0.05, 0) is 77.2 Å². The van der Waals surface area contributed by atoms with E-state index in [9.17, 15) is 0 Å². The molecule has 0 spiro atoms. The fourth-order valence-electron chi connectivity index (χ4n) is 3.17. The van der Waals surface area contributed by atoms with Crippen molar-refractivity contribution in [2.75, 3.05) is 56.8 Å². The average molecular weight is 502 g/mol. The highest BCUT2D eigenvalue weighted by Gasteiger charge is 2.12. The molecule has 0 aliphatic rings. The second-order valence-electron chi connectivity index (χ2n) is 7.67. The van der Waals surface area contributed by atoms with Gasteiger partial charge in [-0.2, -0.15) is 4.98 Å². The summed E-state index contributed by atoms with van der Waals surface area (Å²) in [6.45, 7) is 4.43. The van der Waals surface area contributed by atoms with Crippen molar-refractivity contribution < 1.29 is 4.74 Å². The lowest BCUT2D eigenvalue weighted by molar-refractivity contribution is 0.342. The Morgan fingerprint density at radius 2 is 1.91 bits per heavy atom. The van der Waals surface area contributed by atoms with Crippen molar-refractivity contribution >= 4 is 52.4 Å². The van der Waals surface area contributed by atoms with Crippen LogP contribution in [0.15, 0.2) is 53.6 Å². The van der Waals surface area contributed by atoms with Crippen molar-refractivity contribution in [3.8, 4) is 5.75 Å². The third-order valence-electron chi connectivity index (χ3n) is 4.74. The first-order valence-corrected chi connectivity index (χ1v) is 12.3. The molecule has 10 heteroatoms. The molecule has 8 nitrogen and oxygen atoms in total. The summed E-state index contributed by atoms with van der Waals surface area (Å²) in [6, 6.07) is 13.9. The predicted octanol–water partition coefficient (Wildman–Crippen LogP) is 5.61. The Labute approximate surface area is 211 Å². The minimum absolute atomic E-state index is 0.415. The highest BCUT2D eigenvalue weighted by molar-refractivity contribution is 7.97. The van der Waals surface area contributed by atoms with Gasteiger partial charge in [-0.15, -0.1) is 0 Å². The number of nitrogens with one attached hydrogen (secondary N) is 4. The standard InChI is InChI=1S/C24H32ClN7OS/c1-5-33-21-15-17(27-13-8-14-32(3)4)11-12-19(21)30-24-28-16-18(25)23(31-24)29-20-9-6-7-10-22(20)34-26-2/h6-7,9-12,15-16,26-27H,5,8,13-14H2,1-4H3,(H2,28,29,30,31). The average Bonchev–Trinajstić information content (AvgIpc) is 2.82. The van der Waals surface area contributed by atoms with Crippen molar-refractivity contribution in [1.82, 2.24) is 19.6 Å². The number of hydrogen-bond donors (Lipinski definition) is 4. The predicted molar refractivity (Wildman–Crippen MR) is 144 cm³/mol. The highest BCUT2D eigenvalue weighted by Crippen LogP contribution is 2.33. The van der Waals surface area contributed by atoms with E-state index in [0.29, 0.717) is 23.4 Å². The fourth-order valence-corrected chi connectivity index (χ4v) is 3.90. The maximum atomic E-state index is 6.39. The molecule has 1 heterocycles. The van der Waals surface area contributed by atoms with E-state index in [1.54, 1.807) is 6.20 Å². The first-order chi connectivity index (χ1) is 16.5. The van der Waals surface area contributed by atoms with Gasteiger partial charge in [-0.25, -0.2) is 4.98 Å². The Bertz CT molecular complexity index is 1070. The zero-order valence-electron chi connectivity index (χ0n) is 20.0. The number of halogens is 1. The first kappa shape index (κ1) is 25.9. The highest BCUT2D eigenvalue weighted by atomic mass is 35.5. The summed E-state index contributed by atoms with van der Waals surface area (Å²) < 4.78 is 8.96. The molecule has 0 saturated heterocycles. The van der Waals surface area contributed by atoms with Crippen LogP contribution in [0.2, 0.25) is 5.02 Å². The third-order valence-corrected chi connectivity index (χ3v) is 5.79. The molecular formula is C24H32ClN7OS. The van der Waals surface area contributed by atoms with Gasteiger partial charge in [-0.1, -0.05) is 23.7 Å². The van der Waals surface area contributed by atoms with Crippen LogP contribution in [0.25, 0.3) is 0 Å². The quantitative estimate of drug-likeness (QED) is 0.176. The van der Waals surface area contributed by atoms with Gasteiger partial charge in [0.1, 0.15) is 10.8 Å². The van der Waals surface area contributed by atoms with E-state index in [2.05, 4.69) is 49.6 Å². The van der Waals surface area contributed by atoms with Gasteiger partial charge in [0.15, 0.2) is 5.82 Å². The van der Waals surface area contributed by atoms with Crippen LogP contribution in [0.4, 0.5) is 28.8 Å². The molecule has 0 radical (unpaired) electrons. The van der Waals surface area contributed by atoms with E-state index in [0.717, 1.165) is 47.2 Å². The normalized spacial score (nSPS) is 10.9. The number of aromatic nitrogens is 2. The summed E-state index contributed by atoms with van der Waals surface area (Å²) in [7, 11) is 6.03. The summed E-state index contributed by atoms with van der Waals surface area (Å²) in [5.41, 5.74) is 2.68. The number of benzene rings is 2. The molecule has 3 aromatic rings. The van der Waals surface area contributed by atoms with Gasteiger partial charge in [0, 0.05) is 23.2 Å². The summed E-state index contributed by atoms with van der Waals surface area (Å²) in [5.74, 6) is 1.66. The lowest BCUT2D eigenvalue weighted by Crippen LogP contribution is -2.16. The third kappa shape index (κ3) is 7.66. The molecule has 3 rings (SSSR count). The summed E-state index contributed by atoms with van der Waals surface area (Å²) >= 11 is 7.90. The SMILES string of the molecule is CCOc1cc(NCCCN(C)C)ccc1Nc1ncc(Cl)c(Nc2ccccc2SNC)n1. The topological polar surface area (TPSA) is 86.4 Å². The molecule has 0 amide bonds. The van der Waals surface area contributed by atoms with Gasteiger partial charge in [-0.3, -0.25) is 4.72 Å². The number of rotatable bonds is 13. The van der Waals surface area contributed by atoms with E-state index < -0.39 is 0 Å². The molecule has 0 atom stereocenters. The maximum absolute atomic E-state index is 6.39. The fraction of sp³-hybridized carbons (Fsp3) is 0.333. The van der Waals surface area contributed by atoms with Crippen molar-refractivity contribution in [2.45, 2.75) is 18.2 Å². The van der Waals surface area contributed by atoms with E-state index in [-0.39, 0.29) is 0 Å². The van der Waals surface area contributed by atoms with Crippen LogP contribution in [-0.4, -0.2) is 55.7 Å². The molecule has 34 heavy (non-hydrogen) atoms. The molecule has 182 valence electrons. The van der Waals surface area contributed by atoms with Crippen LogP contribution in [0.5, 0.6) is 5.75 Å². The van der Waals surface area contributed by atoms with Crippen LogP contribution >= 0.6 is 23.5 Å². The lowest BCUT2D eigenvalue weighted by atomic mass is 10.2. The van der Waals surface area contributed by atoms with Crippen LogP contribution < -0.4 is 25.4 Å². The largest absolute Gasteiger partial charge is 0.492 e. The molecule has 0 aliphatic heterocycles. The van der Waals surface area contributed by atoms with Crippen LogP contribution in [-0.2, 0) is 0 Å². The Morgan fingerprint density at radius 1 is 1.09 bits per heavy atom. The molecule has 0 bridgehead atoms. The number of ether oxygens (including phenoxy) is 1. The zero-order chi connectivity index (χ0) is 24.3. The van der Waals surface area contributed by atoms with Crippen molar-refractivity contribution in [2.24, 2.45) is 0 Å². The van der Waals surface area contributed by atoms with E-state index in [1.165, 1.54) is 11.9 Å². The van der Waals surface area contributed by atoms with E-state index in [4.69, 9.17) is 16.3 Å². The molecule has 0 unspecified atom stereocenters. The molecule has 1 aromatic heterocycles. The Morgan fingerprint density at radius 3 is 2.68 bits per heavy atom. The van der Waals surface area contributed by atoms with Gasteiger partial charge in [0.05, 0.1) is 24.2 Å². The summed E-state index contributed by atoms with van der Waals surface area (Å²) in [4.78, 5) is 12.1.